The van der Waals surface area contributed by atoms with Gasteiger partial charge in [0.2, 0.25) is 0 Å². The molecule has 94 valence electrons. The zero-order valence-corrected chi connectivity index (χ0v) is 12.3. The molecule has 0 radical (unpaired) electrons. The zero-order chi connectivity index (χ0) is 13.1. The van der Waals surface area contributed by atoms with Crippen LogP contribution in [0.2, 0.25) is 5.02 Å². The number of aliphatic hydroxyl groups is 1. The van der Waals surface area contributed by atoms with Crippen LogP contribution in [-0.2, 0) is 6.42 Å². The summed E-state index contributed by atoms with van der Waals surface area (Å²) >= 11 is 7.88. The summed E-state index contributed by atoms with van der Waals surface area (Å²) in [7, 11) is 0. The van der Waals surface area contributed by atoms with Crippen molar-refractivity contribution in [3.63, 3.8) is 0 Å². The highest BCUT2D eigenvalue weighted by atomic mass is 127. The van der Waals surface area contributed by atoms with Crippen molar-refractivity contribution in [1.82, 2.24) is 0 Å². The van der Waals surface area contributed by atoms with Crippen LogP contribution in [0.25, 0.3) is 0 Å². The molecule has 2 aromatic carbocycles. The van der Waals surface area contributed by atoms with Crippen LogP contribution >= 0.6 is 34.2 Å². The summed E-state index contributed by atoms with van der Waals surface area (Å²) in [6.45, 7) is 0. The molecule has 0 saturated heterocycles. The Hall–Kier alpha value is -0.650. The molecule has 2 aromatic rings. The predicted molar refractivity (Wildman–Crippen MR) is 79.2 cm³/mol. The summed E-state index contributed by atoms with van der Waals surface area (Å²) in [5.74, 6) is -0.382. The molecule has 0 saturated carbocycles. The fourth-order valence-corrected chi connectivity index (χ4v) is 2.22. The lowest BCUT2D eigenvalue weighted by Crippen LogP contribution is -2.03. The van der Waals surface area contributed by atoms with Crippen LogP contribution in [0.4, 0.5) is 4.39 Å². The van der Waals surface area contributed by atoms with Gasteiger partial charge in [-0.2, -0.15) is 0 Å². The van der Waals surface area contributed by atoms with Crippen LogP contribution < -0.4 is 0 Å². The van der Waals surface area contributed by atoms with Crippen molar-refractivity contribution in [3.8, 4) is 0 Å². The van der Waals surface area contributed by atoms with E-state index in [0.29, 0.717) is 10.6 Å². The fourth-order valence-electron chi connectivity index (χ4n) is 1.70. The van der Waals surface area contributed by atoms with Crippen LogP contribution in [0, 0.1) is 9.39 Å². The van der Waals surface area contributed by atoms with E-state index in [1.54, 1.807) is 12.1 Å². The Labute approximate surface area is 124 Å². The van der Waals surface area contributed by atoms with Crippen LogP contribution in [0.15, 0.2) is 42.5 Å². The number of aliphatic hydroxyl groups excluding tert-OH is 1. The second kappa shape index (κ2) is 5.99. The van der Waals surface area contributed by atoms with Crippen LogP contribution in [-0.4, -0.2) is 5.11 Å². The van der Waals surface area contributed by atoms with Crippen molar-refractivity contribution in [2.24, 2.45) is 0 Å². The summed E-state index contributed by atoms with van der Waals surface area (Å²) in [6, 6.07) is 12.0. The van der Waals surface area contributed by atoms with Gasteiger partial charge >= 0.3 is 0 Å². The van der Waals surface area contributed by atoms with Gasteiger partial charge in [-0.25, -0.2) is 4.39 Å². The molecule has 18 heavy (non-hydrogen) atoms. The van der Waals surface area contributed by atoms with Gasteiger partial charge in [-0.1, -0.05) is 29.8 Å². The summed E-state index contributed by atoms with van der Waals surface area (Å²) < 4.78 is 14.7. The first-order valence-electron chi connectivity index (χ1n) is 5.44. The van der Waals surface area contributed by atoms with Gasteiger partial charge in [0.15, 0.2) is 0 Å². The average Bonchev–Trinajstić information content (AvgIpc) is 2.33. The van der Waals surface area contributed by atoms with E-state index in [0.717, 1.165) is 9.13 Å². The van der Waals surface area contributed by atoms with Gasteiger partial charge in [0.25, 0.3) is 0 Å². The molecular formula is C14H11ClFIO. The highest BCUT2D eigenvalue weighted by Gasteiger charge is 2.11. The third-order valence-corrected chi connectivity index (χ3v) is 3.64. The molecule has 0 bridgehead atoms. The first-order chi connectivity index (χ1) is 8.56. The maximum Gasteiger partial charge on any atom is 0.127 e. The standard InChI is InChI=1S/C14H11ClFIO/c15-11-4-1-10(13(16)8-11)7-14(18)9-2-5-12(17)6-3-9/h1-6,8,14,18H,7H2. The van der Waals surface area contributed by atoms with Gasteiger partial charge in [-0.15, -0.1) is 0 Å². The third kappa shape index (κ3) is 3.43. The Balaban J connectivity index is 2.15. The summed E-state index contributed by atoms with van der Waals surface area (Å²) in [6.07, 6.45) is -0.471. The highest BCUT2D eigenvalue weighted by Crippen LogP contribution is 2.22. The maximum absolute atomic E-state index is 13.6. The average molecular weight is 377 g/mol. The SMILES string of the molecule is OC(Cc1ccc(Cl)cc1F)c1ccc(I)cc1. The molecule has 1 nitrogen and oxygen atoms in total. The third-order valence-electron chi connectivity index (χ3n) is 2.68. The molecule has 0 fully saturated rings. The topological polar surface area (TPSA) is 20.2 Å². The van der Waals surface area contributed by atoms with E-state index >= 15 is 0 Å². The minimum Gasteiger partial charge on any atom is -0.388 e. The number of halogens is 3. The molecule has 2 rings (SSSR count). The monoisotopic (exact) mass is 376 g/mol. The van der Waals surface area contributed by atoms with Gasteiger partial charge < -0.3 is 5.11 Å². The van der Waals surface area contributed by atoms with Gasteiger partial charge in [0.1, 0.15) is 5.82 Å². The molecule has 0 aliphatic rings. The summed E-state index contributed by atoms with van der Waals surface area (Å²) in [5, 5.41) is 10.4. The maximum atomic E-state index is 13.6. The van der Waals surface area contributed by atoms with E-state index in [-0.39, 0.29) is 12.2 Å². The van der Waals surface area contributed by atoms with Gasteiger partial charge in [0, 0.05) is 15.0 Å². The van der Waals surface area contributed by atoms with Crippen LogP contribution in [0.3, 0.4) is 0 Å². The van der Waals surface area contributed by atoms with Crippen molar-refractivity contribution in [2.45, 2.75) is 12.5 Å². The summed E-state index contributed by atoms with van der Waals surface area (Å²) in [4.78, 5) is 0. The molecule has 0 aliphatic heterocycles. The van der Waals surface area contributed by atoms with Crippen molar-refractivity contribution < 1.29 is 9.50 Å². The van der Waals surface area contributed by atoms with E-state index < -0.39 is 6.10 Å². The van der Waals surface area contributed by atoms with Crippen molar-refractivity contribution in [1.29, 1.82) is 0 Å². The van der Waals surface area contributed by atoms with E-state index in [2.05, 4.69) is 22.6 Å². The van der Waals surface area contributed by atoms with Crippen molar-refractivity contribution in [3.05, 3.63) is 68.0 Å². The second-order valence-electron chi connectivity index (χ2n) is 4.01. The molecule has 0 amide bonds. The molecule has 1 unspecified atom stereocenters. The lowest BCUT2D eigenvalue weighted by atomic mass is 10.0. The molecule has 0 aliphatic carbocycles. The van der Waals surface area contributed by atoms with E-state index in [9.17, 15) is 9.50 Å². The Bertz CT molecular complexity index is 542. The normalized spacial score (nSPS) is 12.4. The molecule has 1 N–H and O–H groups in total. The Kier molecular flexibility index (Phi) is 4.59. The lowest BCUT2D eigenvalue weighted by Gasteiger charge is -2.12. The van der Waals surface area contributed by atoms with Gasteiger partial charge in [0.05, 0.1) is 6.10 Å². The first kappa shape index (κ1) is 13.8. The van der Waals surface area contributed by atoms with Crippen molar-refractivity contribution >= 4 is 34.2 Å². The van der Waals surface area contributed by atoms with Crippen molar-refractivity contribution in [2.75, 3.05) is 0 Å². The molecule has 0 spiro atoms. The molecular weight excluding hydrogens is 366 g/mol. The molecule has 0 heterocycles. The Morgan fingerprint density at radius 2 is 1.83 bits per heavy atom. The Morgan fingerprint density at radius 3 is 2.44 bits per heavy atom. The predicted octanol–water partition coefficient (Wildman–Crippen LogP) is 4.36. The smallest absolute Gasteiger partial charge is 0.127 e. The number of rotatable bonds is 3. The van der Waals surface area contributed by atoms with Crippen LogP contribution in [0.5, 0.6) is 0 Å². The first-order valence-corrected chi connectivity index (χ1v) is 6.89. The number of benzene rings is 2. The fraction of sp³-hybridized carbons (Fsp3) is 0.143. The highest BCUT2D eigenvalue weighted by molar-refractivity contribution is 14.1. The van der Waals surface area contributed by atoms with E-state index in [4.69, 9.17) is 11.6 Å². The quantitative estimate of drug-likeness (QED) is 0.789. The van der Waals surface area contributed by atoms with Gasteiger partial charge in [-0.3, -0.25) is 0 Å². The van der Waals surface area contributed by atoms with Gasteiger partial charge in [-0.05, 0) is 58.0 Å². The molecule has 1 atom stereocenters. The molecule has 4 heteroatoms. The second-order valence-corrected chi connectivity index (χ2v) is 5.69. The van der Waals surface area contributed by atoms with E-state index in [1.165, 1.54) is 6.07 Å². The number of hydrogen-bond acceptors (Lipinski definition) is 1. The minimum atomic E-state index is -0.710. The molecule has 0 aromatic heterocycles. The largest absolute Gasteiger partial charge is 0.388 e. The lowest BCUT2D eigenvalue weighted by molar-refractivity contribution is 0.177. The van der Waals surface area contributed by atoms with Crippen LogP contribution in [0.1, 0.15) is 17.2 Å². The Morgan fingerprint density at radius 1 is 1.17 bits per heavy atom. The number of hydrogen-bond donors (Lipinski definition) is 1. The minimum absolute atomic E-state index is 0.240. The summed E-state index contributed by atoms with van der Waals surface area (Å²) in [5.41, 5.74) is 1.25. The zero-order valence-electron chi connectivity index (χ0n) is 9.41. The van der Waals surface area contributed by atoms with E-state index in [1.807, 2.05) is 24.3 Å².